The van der Waals surface area contributed by atoms with Crippen LogP contribution in [0.25, 0.3) is 10.1 Å². The lowest BCUT2D eigenvalue weighted by molar-refractivity contribution is 0.0776. The van der Waals surface area contributed by atoms with Crippen LogP contribution in [0.5, 0.6) is 0 Å². The maximum absolute atomic E-state index is 12.7. The summed E-state index contributed by atoms with van der Waals surface area (Å²) < 4.78 is 0.947. The van der Waals surface area contributed by atoms with E-state index in [-0.39, 0.29) is 17.9 Å². The first-order valence-corrected chi connectivity index (χ1v) is 11.9. The highest BCUT2D eigenvalue weighted by Gasteiger charge is 2.33. The monoisotopic (exact) mass is 416 g/mol. The minimum Gasteiger partial charge on any atom is -0.347 e. The molecule has 2 bridgehead atoms. The van der Waals surface area contributed by atoms with Gasteiger partial charge < -0.3 is 15.1 Å². The van der Waals surface area contributed by atoms with Crippen molar-refractivity contribution in [3.8, 4) is 0 Å². The molecule has 2 aromatic heterocycles. The van der Waals surface area contributed by atoms with E-state index in [0.717, 1.165) is 59.1 Å². The molecule has 0 aliphatic carbocycles. The fourth-order valence-electron chi connectivity index (χ4n) is 4.51. The molecule has 3 aliphatic heterocycles. The van der Waals surface area contributed by atoms with Crippen LogP contribution in [0.2, 0.25) is 0 Å². The molecule has 1 unspecified atom stereocenters. The van der Waals surface area contributed by atoms with E-state index < -0.39 is 0 Å². The highest BCUT2D eigenvalue weighted by atomic mass is 32.2. The van der Waals surface area contributed by atoms with Gasteiger partial charge in [-0.15, -0.1) is 11.3 Å². The Kier molecular flexibility index (Phi) is 5.02. The Morgan fingerprint density at radius 1 is 1.14 bits per heavy atom. The highest BCUT2D eigenvalue weighted by Crippen LogP contribution is 2.29. The van der Waals surface area contributed by atoms with Crippen molar-refractivity contribution < 1.29 is 9.59 Å². The van der Waals surface area contributed by atoms with Crippen molar-refractivity contribution in [2.45, 2.75) is 18.9 Å². The maximum atomic E-state index is 12.7. The second-order valence-electron chi connectivity index (χ2n) is 7.94. The third-order valence-electron chi connectivity index (χ3n) is 5.94. The Labute approximate surface area is 172 Å². The SMILES string of the molecule is O=C(N[C@@H]1C[C@@H]2CCN(C2)C1)c1cc2sc(C(=O)N3CCSCC3)cc2cn1. The summed E-state index contributed by atoms with van der Waals surface area (Å²) in [5.41, 5.74) is 0.440. The number of carbonyl (C=O) groups excluding carboxylic acids is 2. The number of hydrogen-bond donors (Lipinski definition) is 1. The van der Waals surface area contributed by atoms with E-state index in [1.54, 1.807) is 6.20 Å². The fraction of sp³-hybridized carbons (Fsp3) is 0.550. The molecule has 8 heteroatoms. The molecule has 0 radical (unpaired) electrons. The van der Waals surface area contributed by atoms with Crippen molar-refractivity contribution in [3.63, 3.8) is 0 Å². The normalized spacial score (nSPS) is 27.1. The van der Waals surface area contributed by atoms with E-state index in [2.05, 4.69) is 15.2 Å². The molecule has 5 heterocycles. The molecular formula is C20H24N4O2S2. The number of hydrogen-bond acceptors (Lipinski definition) is 6. The van der Waals surface area contributed by atoms with Gasteiger partial charge in [0.15, 0.2) is 0 Å². The first-order valence-electron chi connectivity index (χ1n) is 9.95. The zero-order chi connectivity index (χ0) is 19.1. The largest absolute Gasteiger partial charge is 0.347 e. The summed E-state index contributed by atoms with van der Waals surface area (Å²) in [5, 5.41) is 4.09. The Morgan fingerprint density at radius 2 is 2.00 bits per heavy atom. The molecule has 6 nitrogen and oxygen atoms in total. The summed E-state index contributed by atoms with van der Waals surface area (Å²) in [4.78, 5) is 34.9. The van der Waals surface area contributed by atoms with Crippen LogP contribution >= 0.6 is 23.1 Å². The molecule has 3 atom stereocenters. The van der Waals surface area contributed by atoms with Gasteiger partial charge in [0, 0.05) is 60.0 Å². The number of piperidine rings is 1. The van der Waals surface area contributed by atoms with Crippen molar-refractivity contribution in [1.82, 2.24) is 20.1 Å². The van der Waals surface area contributed by atoms with Crippen molar-refractivity contribution in [1.29, 1.82) is 0 Å². The smallest absolute Gasteiger partial charge is 0.270 e. The second-order valence-corrected chi connectivity index (χ2v) is 10.3. The predicted molar refractivity (Wildman–Crippen MR) is 113 cm³/mol. The Morgan fingerprint density at radius 3 is 2.82 bits per heavy atom. The van der Waals surface area contributed by atoms with Gasteiger partial charge in [-0.2, -0.15) is 11.8 Å². The number of aromatic nitrogens is 1. The zero-order valence-electron chi connectivity index (χ0n) is 15.7. The summed E-state index contributed by atoms with van der Waals surface area (Å²) in [5.74, 6) is 2.71. The lowest BCUT2D eigenvalue weighted by Crippen LogP contribution is -2.47. The van der Waals surface area contributed by atoms with E-state index in [1.807, 2.05) is 28.8 Å². The van der Waals surface area contributed by atoms with Gasteiger partial charge in [0.1, 0.15) is 5.69 Å². The van der Waals surface area contributed by atoms with Gasteiger partial charge in [-0.25, -0.2) is 0 Å². The van der Waals surface area contributed by atoms with Crippen molar-refractivity contribution in [2.75, 3.05) is 44.2 Å². The standard InChI is InChI=1S/C20H24N4O2S2/c25-19(22-15-7-13-1-2-23(11-13)12-15)16-9-17-14(10-21-16)8-18(28-17)20(26)24-3-5-27-6-4-24/h8-10,13,15H,1-7,11-12H2,(H,22,25)/t13-,15+/m0/s1. The van der Waals surface area contributed by atoms with Crippen molar-refractivity contribution in [2.24, 2.45) is 5.92 Å². The zero-order valence-corrected chi connectivity index (χ0v) is 17.4. The van der Waals surface area contributed by atoms with Crippen LogP contribution in [-0.2, 0) is 0 Å². The van der Waals surface area contributed by atoms with E-state index in [9.17, 15) is 9.59 Å². The number of thioether (sulfide) groups is 1. The van der Waals surface area contributed by atoms with Gasteiger partial charge in [-0.3, -0.25) is 14.6 Å². The van der Waals surface area contributed by atoms with Gasteiger partial charge in [0.2, 0.25) is 0 Å². The van der Waals surface area contributed by atoms with Crippen LogP contribution in [0.15, 0.2) is 18.3 Å². The summed E-state index contributed by atoms with van der Waals surface area (Å²) in [6, 6.07) is 3.95. The average Bonchev–Trinajstić information content (AvgIpc) is 3.30. The van der Waals surface area contributed by atoms with Crippen LogP contribution < -0.4 is 5.32 Å². The number of nitrogens with zero attached hydrogens (tertiary/aromatic N) is 3. The van der Waals surface area contributed by atoms with Crippen LogP contribution in [0.3, 0.4) is 0 Å². The average molecular weight is 417 g/mol. The summed E-state index contributed by atoms with van der Waals surface area (Å²) in [6.07, 6.45) is 4.03. The van der Waals surface area contributed by atoms with Gasteiger partial charge >= 0.3 is 0 Å². The molecule has 2 aromatic rings. The third-order valence-corrected chi connectivity index (χ3v) is 7.97. The number of amides is 2. The van der Waals surface area contributed by atoms with Gasteiger partial charge in [0.25, 0.3) is 11.8 Å². The Hall–Kier alpha value is -1.64. The minimum absolute atomic E-state index is 0.0965. The minimum atomic E-state index is -0.108. The molecule has 3 aliphatic rings. The first kappa shape index (κ1) is 18.4. The maximum Gasteiger partial charge on any atom is 0.270 e. The van der Waals surface area contributed by atoms with E-state index in [1.165, 1.54) is 24.3 Å². The molecule has 3 saturated heterocycles. The number of nitrogens with one attached hydrogen (secondary N) is 1. The van der Waals surface area contributed by atoms with Crippen LogP contribution in [-0.4, -0.2) is 76.9 Å². The van der Waals surface area contributed by atoms with Crippen LogP contribution in [0, 0.1) is 5.92 Å². The number of pyridine rings is 1. The molecular weight excluding hydrogens is 392 g/mol. The fourth-order valence-corrected chi connectivity index (χ4v) is 6.45. The lowest BCUT2D eigenvalue weighted by atomic mass is 9.97. The lowest BCUT2D eigenvalue weighted by Gasteiger charge is -2.30. The number of carbonyl (C=O) groups is 2. The molecule has 2 amide bonds. The summed E-state index contributed by atoms with van der Waals surface area (Å²) in [7, 11) is 0. The topological polar surface area (TPSA) is 65.5 Å². The number of thiophene rings is 1. The summed E-state index contributed by atoms with van der Waals surface area (Å²) in [6.45, 7) is 4.89. The number of rotatable bonds is 3. The molecule has 3 fully saturated rings. The molecule has 148 valence electrons. The quantitative estimate of drug-likeness (QED) is 0.832. The van der Waals surface area contributed by atoms with E-state index in [4.69, 9.17) is 0 Å². The predicted octanol–water partition coefficient (Wildman–Crippen LogP) is 2.31. The molecule has 0 saturated carbocycles. The van der Waals surface area contributed by atoms with Gasteiger partial charge in [-0.05, 0) is 37.4 Å². The third kappa shape index (κ3) is 3.65. The Balaban J connectivity index is 1.30. The molecule has 0 aromatic carbocycles. The molecule has 5 rings (SSSR count). The van der Waals surface area contributed by atoms with E-state index >= 15 is 0 Å². The molecule has 0 spiro atoms. The van der Waals surface area contributed by atoms with E-state index in [0.29, 0.717) is 11.6 Å². The van der Waals surface area contributed by atoms with Gasteiger partial charge in [-0.1, -0.05) is 0 Å². The first-order chi connectivity index (χ1) is 13.7. The number of fused-ring (bicyclic) bond motifs is 3. The summed E-state index contributed by atoms with van der Waals surface area (Å²) >= 11 is 3.35. The van der Waals surface area contributed by atoms with Crippen LogP contribution in [0.4, 0.5) is 0 Å². The van der Waals surface area contributed by atoms with Crippen molar-refractivity contribution >= 4 is 45.0 Å². The molecule has 28 heavy (non-hydrogen) atoms. The molecule has 1 N–H and O–H groups in total. The second kappa shape index (κ2) is 7.65. The Bertz CT molecular complexity index is 897. The highest BCUT2D eigenvalue weighted by molar-refractivity contribution is 7.99. The van der Waals surface area contributed by atoms with Crippen molar-refractivity contribution in [3.05, 3.63) is 28.9 Å². The van der Waals surface area contributed by atoms with Crippen LogP contribution in [0.1, 0.15) is 33.0 Å². The van der Waals surface area contributed by atoms with Gasteiger partial charge in [0.05, 0.1) is 4.88 Å².